The highest BCUT2D eigenvalue weighted by Gasteiger charge is 2.23. The molecule has 17 heavy (non-hydrogen) atoms. The van der Waals surface area contributed by atoms with E-state index in [0.717, 1.165) is 16.9 Å². The number of imidazole rings is 1. The standard InChI is InChI=1S/C14H19N3/c1-9-16-12-7-6-11(8-13(12)17-9)14(15)10-4-2-3-5-10/h6-8,10,14H,2-5,15H2,1H3,(H,16,17). The molecule has 1 atom stereocenters. The van der Waals surface area contributed by atoms with Crippen molar-refractivity contribution in [2.75, 3.05) is 0 Å². The van der Waals surface area contributed by atoms with E-state index in [1.54, 1.807) is 0 Å². The summed E-state index contributed by atoms with van der Waals surface area (Å²) in [5.74, 6) is 1.63. The van der Waals surface area contributed by atoms with Crippen molar-refractivity contribution in [3.05, 3.63) is 29.6 Å². The molecule has 3 heteroatoms. The van der Waals surface area contributed by atoms with Crippen LogP contribution in [0.15, 0.2) is 18.2 Å². The number of H-pyrrole nitrogens is 1. The second-order valence-corrected chi connectivity index (χ2v) is 5.17. The van der Waals surface area contributed by atoms with Gasteiger partial charge in [0, 0.05) is 6.04 Å². The van der Waals surface area contributed by atoms with Crippen LogP contribution in [-0.2, 0) is 0 Å². The van der Waals surface area contributed by atoms with Crippen LogP contribution in [-0.4, -0.2) is 9.97 Å². The van der Waals surface area contributed by atoms with Crippen molar-refractivity contribution < 1.29 is 0 Å². The third-order valence-corrected chi connectivity index (χ3v) is 3.92. The Balaban J connectivity index is 1.93. The maximum absolute atomic E-state index is 6.36. The number of hydrogen-bond acceptors (Lipinski definition) is 2. The highest BCUT2D eigenvalue weighted by molar-refractivity contribution is 5.76. The van der Waals surface area contributed by atoms with Crippen LogP contribution in [0.1, 0.15) is 43.1 Å². The number of nitrogens with one attached hydrogen (secondary N) is 1. The molecule has 0 saturated heterocycles. The molecule has 90 valence electrons. The van der Waals surface area contributed by atoms with Crippen molar-refractivity contribution in [2.24, 2.45) is 11.7 Å². The highest BCUT2D eigenvalue weighted by atomic mass is 14.9. The van der Waals surface area contributed by atoms with Gasteiger partial charge in [-0.25, -0.2) is 4.98 Å². The van der Waals surface area contributed by atoms with Gasteiger partial charge in [-0.1, -0.05) is 18.9 Å². The predicted molar refractivity (Wildman–Crippen MR) is 69.7 cm³/mol. The monoisotopic (exact) mass is 229 g/mol. The average molecular weight is 229 g/mol. The van der Waals surface area contributed by atoms with E-state index in [-0.39, 0.29) is 6.04 Å². The van der Waals surface area contributed by atoms with Crippen molar-refractivity contribution in [3.63, 3.8) is 0 Å². The van der Waals surface area contributed by atoms with E-state index in [9.17, 15) is 0 Å². The first-order chi connectivity index (χ1) is 8.24. The van der Waals surface area contributed by atoms with Crippen LogP contribution in [0.5, 0.6) is 0 Å². The summed E-state index contributed by atoms with van der Waals surface area (Å²) in [6.07, 6.45) is 5.23. The van der Waals surface area contributed by atoms with Gasteiger partial charge < -0.3 is 10.7 Å². The van der Waals surface area contributed by atoms with Gasteiger partial charge in [-0.15, -0.1) is 0 Å². The first kappa shape index (κ1) is 10.8. The number of fused-ring (bicyclic) bond motifs is 1. The molecule has 1 heterocycles. The van der Waals surface area contributed by atoms with E-state index < -0.39 is 0 Å². The first-order valence-corrected chi connectivity index (χ1v) is 6.46. The SMILES string of the molecule is Cc1nc2ccc(C(N)C3CCCC3)cc2[nH]1. The zero-order valence-electron chi connectivity index (χ0n) is 10.2. The molecule has 0 aliphatic heterocycles. The van der Waals surface area contributed by atoms with Gasteiger partial charge in [0.15, 0.2) is 0 Å². The summed E-state index contributed by atoms with van der Waals surface area (Å²) in [6.45, 7) is 1.98. The van der Waals surface area contributed by atoms with Crippen LogP contribution >= 0.6 is 0 Å². The summed E-state index contributed by atoms with van der Waals surface area (Å²) in [6, 6.07) is 6.55. The summed E-state index contributed by atoms with van der Waals surface area (Å²) in [7, 11) is 0. The molecule has 1 fully saturated rings. The second-order valence-electron chi connectivity index (χ2n) is 5.17. The van der Waals surface area contributed by atoms with Gasteiger partial charge >= 0.3 is 0 Å². The molecule has 1 unspecified atom stereocenters. The molecule has 1 aliphatic carbocycles. The summed E-state index contributed by atoms with van der Waals surface area (Å²) in [4.78, 5) is 7.69. The topological polar surface area (TPSA) is 54.7 Å². The Bertz CT molecular complexity index is 523. The lowest BCUT2D eigenvalue weighted by atomic mass is 9.92. The van der Waals surface area contributed by atoms with Crippen molar-refractivity contribution in [3.8, 4) is 0 Å². The lowest BCUT2D eigenvalue weighted by Crippen LogP contribution is -2.18. The molecular formula is C14H19N3. The fourth-order valence-electron chi connectivity index (χ4n) is 2.95. The minimum atomic E-state index is 0.186. The van der Waals surface area contributed by atoms with E-state index in [2.05, 4.69) is 28.2 Å². The van der Waals surface area contributed by atoms with E-state index in [1.165, 1.54) is 31.2 Å². The molecule has 3 nitrogen and oxygen atoms in total. The van der Waals surface area contributed by atoms with E-state index in [0.29, 0.717) is 5.92 Å². The number of aryl methyl sites for hydroxylation is 1. The lowest BCUT2D eigenvalue weighted by molar-refractivity contribution is 0.445. The number of hydrogen-bond donors (Lipinski definition) is 2. The maximum Gasteiger partial charge on any atom is 0.104 e. The molecule has 0 radical (unpaired) electrons. The second kappa shape index (κ2) is 4.15. The van der Waals surface area contributed by atoms with Gasteiger partial charge in [-0.3, -0.25) is 0 Å². The fraction of sp³-hybridized carbons (Fsp3) is 0.500. The van der Waals surface area contributed by atoms with E-state index in [4.69, 9.17) is 5.73 Å². The Morgan fingerprint density at radius 3 is 2.88 bits per heavy atom. The molecule has 0 spiro atoms. The van der Waals surface area contributed by atoms with Gasteiger partial charge in [0.1, 0.15) is 5.82 Å². The maximum atomic E-state index is 6.36. The largest absolute Gasteiger partial charge is 0.342 e. The van der Waals surface area contributed by atoms with E-state index in [1.807, 2.05) is 6.92 Å². The smallest absolute Gasteiger partial charge is 0.104 e. The van der Waals surface area contributed by atoms with Crippen LogP contribution in [0.3, 0.4) is 0 Å². The molecular weight excluding hydrogens is 210 g/mol. The molecule has 1 aromatic heterocycles. The number of aromatic amines is 1. The third kappa shape index (κ3) is 1.95. The number of benzene rings is 1. The Morgan fingerprint density at radius 1 is 1.35 bits per heavy atom. The Kier molecular flexibility index (Phi) is 2.63. The summed E-state index contributed by atoms with van der Waals surface area (Å²) >= 11 is 0. The number of rotatable bonds is 2. The van der Waals surface area contributed by atoms with Crippen molar-refractivity contribution in [2.45, 2.75) is 38.6 Å². The highest BCUT2D eigenvalue weighted by Crippen LogP contribution is 2.34. The molecule has 0 bridgehead atoms. The van der Waals surface area contributed by atoms with Crippen LogP contribution in [0.2, 0.25) is 0 Å². The number of nitrogens with zero attached hydrogens (tertiary/aromatic N) is 1. The zero-order valence-corrected chi connectivity index (χ0v) is 10.2. The van der Waals surface area contributed by atoms with E-state index >= 15 is 0 Å². The average Bonchev–Trinajstić information content (AvgIpc) is 2.94. The molecule has 3 N–H and O–H groups in total. The molecule has 2 aromatic rings. The van der Waals surface area contributed by atoms with Gasteiger partial charge in [0.2, 0.25) is 0 Å². The number of aromatic nitrogens is 2. The minimum absolute atomic E-state index is 0.186. The fourth-order valence-corrected chi connectivity index (χ4v) is 2.95. The lowest BCUT2D eigenvalue weighted by Gasteiger charge is -2.19. The predicted octanol–water partition coefficient (Wildman–Crippen LogP) is 3.06. The van der Waals surface area contributed by atoms with Gasteiger partial charge in [0.25, 0.3) is 0 Å². The summed E-state index contributed by atoms with van der Waals surface area (Å²) in [5.41, 5.74) is 9.74. The van der Waals surface area contributed by atoms with Gasteiger partial charge in [-0.2, -0.15) is 0 Å². The summed E-state index contributed by atoms with van der Waals surface area (Å²) < 4.78 is 0. The molecule has 0 amide bonds. The molecule has 3 rings (SSSR count). The Morgan fingerprint density at radius 2 is 2.12 bits per heavy atom. The summed E-state index contributed by atoms with van der Waals surface area (Å²) in [5, 5.41) is 0. The zero-order chi connectivity index (χ0) is 11.8. The molecule has 1 aromatic carbocycles. The van der Waals surface area contributed by atoms with Crippen LogP contribution in [0.25, 0.3) is 11.0 Å². The first-order valence-electron chi connectivity index (χ1n) is 6.46. The van der Waals surface area contributed by atoms with Crippen molar-refractivity contribution in [1.29, 1.82) is 0 Å². The van der Waals surface area contributed by atoms with Gasteiger partial charge in [0.05, 0.1) is 11.0 Å². The van der Waals surface area contributed by atoms with Crippen LogP contribution in [0.4, 0.5) is 0 Å². The van der Waals surface area contributed by atoms with Crippen molar-refractivity contribution in [1.82, 2.24) is 9.97 Å². The quantitative estimate of drug-likeness (QED) is 0.831. The van der Waals surface area contributed by atoms with Crippen LogP contribution < -0.4 is 5.73 Å². The molecule has 1 aliphatic rings. The molecule has 1 saturated carbocycles. The Labute approximate surface area is 101 Å². The minimum Gasteiger partial charge on any atom is -0.342 e. The third-order valence-electron chi connectivity index (χ3n) is 3.92. The van der Waals surface area contributed by atoms with Gasteiger partial charge in [-0.05, 0) is 43.4 Å². The van der Waals surface area contributed by atoms with Crippen LogP contribution in [0, 0.1) is 12.8 Å². The number of nitrogens with two attached hydrogens (primary N) is 1. The Hall–Kier alpha value is -1.35. The van der Waals surface area contributed by atoms with Crippen molar-refractivity contribution >= 4 is 11.0 Å². The normalized spacial score (nSPS) is 18.9.